The highest BCUT2D eigenvalue weighted by Crippen LogP contribution is 1.80. The summed E-state index contributed by atoms with van der Waals surface area (Å²) in [6.45, 7) is 2.19. The van der Waals surface area contributed by atoms with E-state index in [1.165, 1.54) is 16.3 Å². The van der Waals surface area contributed by atoms with Crippen LogP contribution in [0, 0.1) is 0 Å². The van der Waals surface area contributed by atoms with E-state index in [0.717, 1.165) is 0 Å². The van der Waals surface area contributed by atoms with E-state index >= 15 is 0 Å². The minimum absolute atomic E-state index is 1.37. The molecule has 0 amide bonds. The number of hydrogen-bond donors (Lipinski definition) is 0. The standard InChI is InChI=1S/C2H8Si.BF3/c1-2-3;2-1(3)4/h2H2,1,3H3;. The first-order valence-electron chi connectivity index (χ1n) is 2.07. The molecule has 0 saturated heterocycles. The van der Waals surface area contributed by atoms with Crippen LogP contribution in [0.1, 0.15) is 6.92 Å². The van der Waals surface area contributed by atoms with Gasteiger partial charge in [0.05, 0.1) is 0 Å². The van der Waals surface area contributed by atoms with Gasteiger partial charge in [-0.1, -0.05) is 13.0 Å². The van der Waals surface area contributed by atoms with Gasteiger partial charge in [0, 0.05) is 10.2 Å². The van der Waals surface area contributed by atoms with Gasteiger partial charge in [0.25, 0.3) is 0 Å². The minimum atomic E-state index is -3.67. The zero-order valence-corrected chi connectivity index (χ0v) is 6.42. The number of halogens is 3. The lowest BCUT2D eigenvalue weighted by Gasteiger charge is -1.55. The Morgan fingerprint density at radius 2 is 1.43 bits per heavy atom. The summed E-state index contributed by atoms with van der Waals surface area (Å²) >= 11 is 0. The molecule has 0 aliphatic rings. The van der Waals surface area contributed by atoms with Crippen LogP contribution < -0.4 is 0 Å². The zero-order valence-electron chi connectivity index (χ0n) is 4.42. The maximum atomic E-state index is 9.67. The molecule has 0 saturated carbocycles. The summed E-state index contributed by atoms with van der Waals surface area (Å²) in [6.07, 6.45) is 0. The van der Waals surface area contributed by atoms with Gasteiger partial charge in [-0.2, -0.15) is 0 Å². The summed E-state index contributed by atoms with van der Waals surface area (Å²) in [6, 6.07) is 1.39. The summed E-state index contributed by atoms with van der Waals surface area (Å²) in [4.78, 5) is 0. The maximum Gasteiger partial charge on any atom is 0.762 e. The molecule has 0 atom stereocenters. The van der Waals surface area contributed by atoms with Crippen molar-refractivity contribution >= 4 is 17.8 Å². The number of rotatable bonds is 0. The van der Waals surface area contributed by atoms with Crippen molar-refractivity contribution in [3.05, 3.63) is 0 Å². The Bertz CT molecular complexity index is 24.1. The summed E-state index contributed by atoms with van der Waals surface area (Å²) in [5.74, 6) is 0. The summed E-state index contributed by atoms with van der Waals surface area (Å²) in [7, 11) is -2.30. The minimum Gasteiger partial charge on any atom is -0.254 e. The Morgan fingerprint density at radius 3 is 1.43 bits per heavy atom. The molecule has 0 N–H and O–H groups in total. The molecule has 0 spiro atoms. The van der Waals surface area contributed by atoms with Crippen molar-refractivity contribution in [2.45, 2.75) is 13.0 Å². The van der Waals surface area contributed by atoms with Crippen LogP contribution >= 0.6 is 0 Å². The van der Waals surface area contributed by atoms with Crippen molar-refractivity contribution in [3.63, 3.8) is 0 Å². The molecule has 0 aromatic rings. The molecule has 0 heterocycles. The van der Waals surface area contributed by atoms with Crippen LogP contribution in [0.4, 0.5) is 12.9 Å². The average Bonchev–Trinajstić information content (AvgIpc) is 1.33. The molecule has 0 aromatic heterocycles. The van der Waals surface area contributed by atoms with E-state index in [1.807, 2.05) is 0 Å². The van der Waals surface area contributed by atoms with Crippen molar-refractivity contribution in [2.75, 3.05) is 0 Å². The maximum absolute atomic E-state index is 9.67. The molecule has 0 aliphatic carbocycles. The molecular weight excluding hydrogens is 120 g/mol. The molecule has 0 radical (unpaired) electrons. The van der Waals surface area contributed by atoms with Gasteiger partial charge in [-0.3, -0.25) is 12.9 Å². The van der Waals surface area contributed by atoms with Crippen molar-refractivity contribution in [1.82, 2.24) is 0 Å². The van der Waals surface area contributed by atoms with Gasteiger partial charge in [-0.05, 0) is 0 Å². The SMILES string of the molecule is CC[SiH3].FB(F)F. The lowest BCUT2D eigenvalue weighted by Crippen LogP contribution is -1.76. The van der Waals surface area contributed by atoms with E-state index < -0.39 is 7.54 Å². The number of hydrogen-bond acceptors (Lipinski definition) is 0. The fourth-order valence-corrected chi connectivity index (χ4v) is 0. The molecule has 0 unspecified atom stereocenters. The largest absolute Gasteiger partial charge is 0.762 e. The smallest absolute Gasteiger partial charge is 0.254 e. The van der Waals surface area contributed by atoms with E-state index in [-0.39, 0.29) is 0 Å². The third kappa shape index (κ3) is 19500. The first-order valence-corrected chi connectivity index (χ1v) is 3.48. The van der Waals surface area contributed by atoms with Crippen LogP contribution in [0.5, 0.6) is 0 Å². The lowest BCUT2D eigenvalue weighted by atomic mass is 10.5. The molecular formula is C2H8BF3Si. The molecule has 0 nitrogen and oxygen atoms in total. The third-order valence-corrected chi connectivity index (χ3v) is 0. The zero-order chi connectivity index (χ0) is 6.28. The molecule has 44 valence electrons. The van der Waals surface area contributed by atoms with Gasteiger partial charge in [-0.25, -0.2) is 0 Å². The fraction of sp³-hybridized carbons (Fsp3) is 1.00. The van der Waals surface area contributed by atoms with Crippen LogP contribution in [0.2, 0.25) is 6.04 Å². The van der Waals surface area contributed by atoms with E-state index in [2.05, 4.69) is 6.92 Å². The third-order valence-electron chi connectivity index (χ3n) is 0. The molecule has 7 heavy (non-hydrogen) atoms. The van der Waals surface area contributed by atoms with Gasteiger partial charge < -0.3 is 0 Å². The molecule has 0 bridgehead atoms. The van der Waals surface area contributed by atoms with Crippen LogP contribution in [-0.4, -0.2) is 17.8 Å². The Morgan fingerprint density at radius 1 is 1.43 bits per heavy atom. The van der Waals surface area contributed by atoms with Crippen LogP contribution in [0.3, 0.4) is 0 Å². The van der Waals surface area contributed by atoms with E-state index in [9.17, 15) is 12.9 Å². The highest BCUT2D eigenvalue weighted by Gasteiger charge is 2.06. The quantitative estimate of drug-likeness (QED) is 0.420. The summed E-state index contributed by atoms with van der Waals surface area (Å²) < 4.78 is 29.0. The van der Waals surface area contributed by atoms with E-state index in [0.29, 0.717) is 0 Å². The van der Waals surface area contributed by atoms with Crippen molar-refractivity contribution in [1.29, 1.82) is 0 Å². The second kappa shape index (κ2) is 9.42. The predicted molar refractivity (Wildman–Crippen MR) is 29.5 cm³/mol. The molecule has 5 heteroatoms. The Kier molecular flexibility index (Phi) is 13.6. The van der Waals surface area contributed by atoms with Gasteiger partial charge >= 0.3 is 7.54 Å². The highest BCUT2D eigenvalue weighted by atomic mass is 28.1. The second-order valence-corrected chi connectivity index (χ2v) is 2.37. The molecule has 0 fully saturated rings. The van der Waals surface area contributed by atoms with Crippen LogP contribution in [0.25, 0.3) is 0 Å². The average molecular weight is 128 g/mol. The molecule has 0 aliphatic heterocycles. The predicted octanol–water partition coefficient (Wildman–Crippen LogP) is 0.670. The fourth-order valence-electron chi connectivity index (χ4n) is 0. The summed E-state index contributed by atoms with van der Waals surface area (Å²) in [5, 5.41) is 0. The second-order valence-electron chi connectivity index (χ2n) is 0.955. The Balaban J connectivity index is 0. The Labute approximate surface area is 44.7 Å². The van der Waals surface area contributed by atoms with Gasteiger partial charge in [0.15, 0.2) is 0 Å². The normalized spacial score (nSPS) is 6.86. The van der Waals surface area contributed by atoms with Crippen LogP contribution in [0.15, 0.2) is 0 Å². The highest BCUT2D eigenvalue weighted by molar-refractivity contribution is 6.33. The molecule has 0 aromatic carbocycles. The molecule has 0 rings (SSSR count). The van der Waals surface area contributed by atoms with E-state index in [4.69, 9.17) is 0 Å². The summed E-state index contributed by atoms with van der Waals surface area (Å²) in [5.41, 5.74) is 0. The van der Waals surface area contributed by atoms with Gasteiger partial charge in [0.2, 0.25) is 0 Å². The van der Waals surface area contributed by atoms with Gasteiger partial charge in [-0.15, -0.1) is 0 Å². The monoisotopic (exact) mass is 128 g/mol. The Hall–Kier alpha value is 0.0718. The van der Waals surface area contributed by atoms with Crippen molar-refractivity contribution in [2.24, 2.45) is 0 Å². The van der Waals surface area contributed by atoms with Gasteiger partial charge in [0.1, 0.15) is 0 Å². The van der Waals surface area contributed by atoms with Crippen molar-refractivity contribution in [3.8, 4) is 0 Å². The first-order chi connectivity index (χ1) is 3.15. The lowest BCUT2D eigenvalue weighted by molar-refractivity contribution is 0.535. The van der Waals surface area contributed by atoms with Crippen LogP contribution in [-0.2, 0) is 0 Å². The topological polar surface area (TPSA) is 0 Å². The van der Waals surface area contributed by atoms with E-state index in [1.54, 1.807) is 0 Å². The first kappa shape index (κ1) is 10.1. The van der Waals surface area contributed by atoms with Crippen molar-refractivity contribution < 1.29 is 12.9 Å².